The molecule has 0 N–H and O–H groups in total. The summed E-state index contributed by atoms with van der Waals surface area (Å²) in [4.78, 5) is 10.9. The van der Waals surface area contributed by atoms with Crippen LogP contribution in [0.4, 0.5) is 0 Å². The third kappa shape index (κ3) is 4.92. The average Bonchev–Trinajstić information content (AvgIpc) is 2.38. The summed E-state index contributed by atoms with van der Waals surface area (Å²) in [7, 11) is 1.40. The van der Waals surface area contributed by atoms with E-state index in [9.17, 15) is 4.79 Å². The number of ether oxygens (including phenoxy) is 1. The molecule has 0 aliphatic heterocycles. The summed E-state index contributed by atoms with van der Waals surface area (Å²) in [6, 6.07) is 9.79. The van der Waals surface area contributed by atoms with E-state index in [0.717, 1.165) is 29.1 Å². The number of esters is 1. The van der Waals surface area contributed by atoms with Crippen LogP contribution in [0.15, 0.2) is 24.3 Å². The topological polar surface area (TPSA) is 50.1 Å². The minimum atomic E-state index is -0.171. The van der Waals surface area contributed by atoms with Gasteiger partial charge < -0.3 is 4.74 Å². The van der Waals surface area contributed by atoms with Gasteiger partial charge >= 0.3 is 5.97 Å². The van der Waals surface area contributed by atoms with Crippen molar-refractivity contribution in [1.82, 2.24) is 0 Å². The number of benzene rings is 1. The van der Waals surface area contributed by atoms with Gasteiger partial charge in [0.15, 0.2) is 0 Å². The fraction of sp³-hybridized carbons (Fsp3) is 0.385. The minimum absolute atomic E-state index is 0.171. The highest BCUT2D eigenvalue weighted by Crippen LogP contribution is 2.12. The Hall–Kier alpha value is -1.47. The summed E-state index contributed by atoms with van der Waals surface area (Å²) in [6.45, 7) is 0. The van der Waals surface area contributed by atoms with Gasteiger partial charge in [0.2, 0.25) is 0 Å². The lowest BCUT2D eigenvalue weighted by molar-refractivity contribution is -0.140. The van der Waals surface area contributed by atoms with E-state index < -0.39 is 0 Å². The molecule has 4 heteroatoms. The van der Waals surface area contributed by atoms with Crippen LogP contribution in [-0.2, 0) is 16.0 Å². The first-order valence-corrected chi connectivity index (χ1v) is 6.56. The quantitative estimate of drug-likeness (QED) is 0.574. The molecule has 0 bridgehead atoms. The van der Waals surface area contributed by atoms with Crippen LogP contribution in [-0.4, -0.2) is 24.6 Å². The lowest BCUT2D eigenvalue weighted by Crippen LogP contribution is -2.02. The zero-order valence-corrected chi connectivity index (χ0v) is 10.6. The molecule has 0 saturated carbocycles. The predicted octanol–water partition coefficient (Wildman–Crippen LogP) is 2.40. The number of hydrogen-bond acceptors (Lipinski definition) is 4. The van der Waals surface area contributed by atoms with Gasteiger partial charge in [-0.15, -0.1) is 0 Å². The number of nitrogens with zero attached hydrogens (tertiary/aromatic N) is 1. The molecule has 0 saturated heterocycles. The molecule has 1 aromatic rings. The molecule has 1 rings (SSSR count). The monoisotopic (exact) mass is 249 g/mol. The van der Waals surface area contributed by atoms with E-state index >= 15 is 0 Å². The molecule has 0 amide bonds. The Balaban J connectivity index is 2.27. The minimum Gasteiger partial charge on any atom is -0.469 e. The van der Waals surface area contributed by atoms with Crippen molar-refractivity contribution in [3.8, 4) is 6.07 Å². The molecular weight excluding hydrogens is 234 g/mol. The van der Waals surface area contributed by atoms with E-state index in [4.69, 9.17) is 5.26 Å². The van der Waals surface area contributed by atoms with Crippen LogP contribution in [0.5, 0.6) is 0 Å². The maximum absolute atomic E-state index is 10.9. The molecule has 0 atom stereocenters. The van der Waals surface area contributed by atoms with E-state index in [2.05, 4.69) is 10.8 Å². The van der Waals surface area contributed by atoms with Gasteiger partial charge in [0.25, 0.3) is 0 Å². The van der Waals surface area contributed by atoms with Crippen LogP contribution in [0.3, 0.4) is 0 Å². The summed E-state index contributed by atoms with van der Waals surface area (Å²) in [5.41, 5.74) is 1.81. The first-order valence-electron chi connectivity index (χ1n) is 5.40. The van der Waals surface area contributed by atoms with E-state index in [0.29, 0.717) is 6.42 Å². The Bertz CT molecular complexity index is 412. The van der Waals surface area contributed by atoms with Gasteiger partial charge in [-0.2, -0.15) is 17.0 Å². The van der Waals surface area contributed by atoms with Crippen LogP contribution in [0.25, 0.3) is 0 Å². The maximum Gasteiger partial charge on any atom is 0.306 e. The Kier molecular flexibility index (Phi) is 6.19. The highest BCUT2D eigenvalue weighted by atomic mass is 32.2. The number of rotatable bonds is 6. The summed E-state index contributed by atoms with van der Waals surface area (Å²) in [5.74, 6) is 1.51. The summed E-state index contributed by atoms with van der Waals surface area (Å²) >= 11 is 1.70. The Labute approximate surface area is 106 Å². The lowest BCUT2D eigenvalue weighted by Gasteiger charge is -2.03. The van der Waals surface area contributed by atoms with Crippen molar-refractivity contribution in [2.45, 2.75) is 12.8 Å². The van der Waals surface area contributed by atoms with Gasteiger partial charge in [-0.05, 0) is 23.8 Å². The molecule has 0 fully saturated rings. The molecule has 0 heterocycles. The average molecular weight is 249 g/mol. The van der Waals surface area contributed by atoms with Crippen molar-refractivity contribution in [3.63, 3.8) is 0 Å². The van der Waals surface area contributed by atoms with E-state index in [-0.39, 0.29) is 5.97 Å². The molecule has 0 aliphatic carbocycles. The van der Waals surface area contributed by atoms with Crippen molar-refractivity contribution in [2.75, 3.05) is 18.6 Å². The number of carbonyl (C=O) groups is 1. The standard InChI is InChI=1S/C13H15NO2S/c1-16-13(15)7-9-17-8-6-11-4-2-3-5-12(11)10-14/h2-5H,6-9H2,1H3. The summed E-state index contributed by atoms with van der Waals surface area (Å²) < 4.78 is 4.56. The molecule has 0 aromatic heterocycles. The van der Waals surface area contributed by atoms with Crippen LogP contribution < -0.4 is 0 Å². The molecule has 0 radical (unpaired) electrons. The first-order chi connectivity index (χ1) is 8.27. The number of thioether (sulfide) groups is 1. The van der Waals surface area contributed by atoms with Gasteiger partial charge in [0.1, 0.15) is 0 Å². The Morgan fingerprint density at radius 2 is 2.18 bits per heavy atom. The molecule has 0 aliphatic rings. The highest BCUT2D eigenvalue weighted by molar-refractivity contribution is 7.99. The zero-order chi connectivity index (χ0) is 12.5. The van der Waals surface area contributed by atoms with Crippen LogP contribution in [0.1, 0.15) is 17.5 Å². The number of nitriles is 1. The molecule has 0 spiro atoms. The number of methoxy groups -OCH3 is 1. The van der Waals surface area contributed by atoms with Crippen molar-refractivity contribution >= 4 is 17.7 Å². The molecule has 17 heavy (non-hydrogen) atoms. The molecule has 0 unspecified atom stereocenters. The normalized spacial score (nSPS) is 9.65. The fourth-order valence-electron chi connectivity index (χ4n) is 1.39. The number of aryl methyl sites for hydroxylation is 1. The Morgan fingerprint density at radius 1 is 1.41 bits per heavy atom. The molecule has 3 nitrogen and oxygen atoms in total. The first kappa shape index (κ1) is 13.6. The van der Waals surface area contributed by atoms with Crippen LogP contribution in [0, 0.1) is 11.3 Å². The summed E-state index contributed by atoms with van der Waals surface area (Å²) in [6.07, 6.45) is 1.30. The van der Waals surface area contributed by atoms with Crippen LogP contribution >= 0.6 is 11.8 Å². The summed E-state index contributed by atoms with van der Waals surface area (Å²) in [5, 5.41) is 8.91. The van der Waals surface area contributed by atoms with Gasteiger partial charge in [0, 0.05) is 5.75 Å². The van der Waals surface area contributed by atoms with E-state index in [1.807, 2.05) is 24.3 Å². The zero-order valence-electron chi connectivity index (χ0n) is 9.81. The second-order valence-electron chi connectivity index (χ2n) is 3.46. The predicted molar refractivity (Wildman–Crippen MR) is 68.8 cm³/mol. The van der Waals surface area contributed by atoms with E-state index in [1.165, 1.54) is 7.11 Å². The largest absolute Gasteiger partial charge is 0.469 e. The maximum atomic E-state index is 10.9. The lowest BCUT2D eigenvalue weighted by atomic mass is 10.1. The third-order valence-electron chi connectivity index (χ3n) is 2.33. The van der Waals surface area contributed by atoms with Crippen molar-refractivity contribution < 1.29 is 9.53 Å². The molecule has 1 aromatic carbocycles. The van der Waals surface area contributed by atoms with E-state index in [1.54, 1.807) is 11.8 Å². The SMILES string of the molecule is COC(=O)CCSCCc1ccccc1C#N. The van der Waals surface area contributed by atoms with Gasteiger partial charge in [-0.1, -0.05) is 18.2 Å². The van der Waals surface area contributed by atoms with Crippen LogP contribution in [0.2, 0.25) is 0 Å². The Morgan fingerprint density at radius 3 is 2.88 bits per heavy atom. The van der Waals surface area contributed by atoms with Gasteiger partial charge in [-0.3, -0.25) is 4.79 Å². The molecular formula is C13H15NO2S. The smallest absolute Gasteiger partial charge is 0.306 e. The second kappa shape index (κ2) is 7.75. The third-order valence-corrected chi connectivity index (χ3v) is 3.32. The van der Waals surface area contributed by atoms with Crippen molar-refractivity contribution in [2.24, 2.45) is 0 Å². The molecule has 90 valence electrons. The number of hydrogen-bond donors (Lipinski definition) is 0. The highest BCUT2D eigenvalue weighted by Gasteiger charge is 2.02. The van der Waals surface area contributed by atoms with Crippen molar-refractivity contribution in [3.05, 3.63) is 35.4 Å². The second-order valence-corrected chi connectivity index (χ2v) is 4.68. The fourth-order valence-corrected chi connectivity index (χ4v) is 2.27. The van der Waals surface area contributed by atoms with Crippen molar-refractivity contribution in [1.29, 1.82) is 5.26 Å². The van der Waals surface area contributed by atoms with Gasteiger partial charge in [-0.25, -0.2) is 0 Å². The number of carbonyl (C=O) groups excluding carboxylic acids is 1. The van der Waals surface area contributed by atoms with Gasteiger partial charge in [0.05, 0.1) is 25.2 Å².